The molecule has 4 rings (SSSR count). The molecule has 6 heteroatoms. The van der Waals surface area contributed by atoms with Gasteiger partial charge in [0.2, 0.25) is 0 Å². The maximum atomic E-state index is 12.0. The molecule has 1 fully saturated rings. The van der Waals surface area contributed by atoms with Crippen LogP contribution in [0.3, 0.4) is 0 Å². The first-order valence-corrected chi connectivity index (χ1v) is 9.72. The topological polar surface area (TPSA) is 62.5 Å². The van der Waals surface area contributed by atoms with Crippen LogP contribution in [-0.2, 0) is 6.54 Å². The number of fused-ring (bicyclic) bond motifs is 1. The van der Waals surface area contributed by atoms with Gasteiger partial charge in [-0.25, -0.2) is 14.8 Å². The lowest BCUT2D eigenvalue weighted by atomic mass is 10.0. The van der Waals surface area contributed by atoms with E-state index in [1.165, 1.54) is 5.56 Å². The summed E-state index contributed by atoms with van der Waals surface area (Å²) in [7, 11) is 0. The van der Waals surface area contributed by atoms with Crippen LogP contribution in [0.4, 0.5) is 5.82 Å². The van der Waals surface area contributed by atoms with Crippen molar-refractivity contribution in [1.82, 2.24) is 14.9 Å². The maximum Gasteiger partial charge on any atom is 0.336 e. The van der Waals surface area contributed by atoms with Gasteiger partial charge in [-0.1, -0.05) is 0 Å². The van der Waals surface area contributed by atoms with E-state index in [9.17, 15) is 4.79 Å². The van der Waals surface area contributed by atoms with Gasteiger partial charge in [-0.05, 0) is 56.5 Å². The van der Waals surface area contributed by atoms with Crippen molar-refractivity contribution in [2.75, 3.05) is 31.1 Å². The Morgan fingerprint density at radius 3 is 2.36 bits per heavy atom. The van der Waals surface area contributed by atoms with E-state index in [-0.39, 0.29) is 5.63 Å². The van der Waals surface area contributed by atoms with Crippen LogP contribution in [0.5, 0.6) is 0 Å². The van der Waals surface area contributed by atoms with E-state index in [1.807, 2.05) is 32.9 Å². The molecule has 0 amide bonds. The predicted molar refractivity (Wildman–Crippen MR) is 111 cm³/mol. The van der Waals surface area contributed by atoms with Crippen molar-refractivity contribution in [2.45, 2.75) is 34.2 Å². The van der Waals surface area contributed by atoms with Crippen LogP contribution in [-0.4, -0.2) is 41.0 Å². The van der Waals surface area contributed by atoms with Gasteiger partial charge in [0, 0.05) is 55.9 Å². The van der Waals surface area contributed by atoms with Crippen molar-refractivity contribution in [2.24, 2.45) is 0 Å². The van der Waals surface area contributed by atoms with Gasteiger partial charge in [-0.15, -0.1) is 0 Å². The van der Waals surface area contributed by atoms with E-state index in [0.717, 1.165) is 66.6 Å². The Labute approximate surface area is 164 Å². The SMILES string of the molecule is Cc1cc(N2CCN(Cc3cc(=O)oc4cc(C)c(C)cc34)CC2)nc(C)n1. The number of benzene rings is 1. The molecule has 0 aliphatic carbocycles. The Hall–Kier alpha value is -2.73. The van der Waals surface area contributed by atoms with Gasteiger partial charge in [0.1, 0.15) is 17.2 Å². The van der Waals surface area contributed by atoms with E-state index in [4.69, 9.17) is 4.42 Å². The van der Waals surface area contributed by atoms with E-state index in [0.29, 0.717) is 5.58 Å². The molecule has 0 unspecified atom stereocenters. The highest BCUT2D eigenvalue weighted by atomic mass is 16.4. The summed E-state index contributed by atoms with van der Waals surface area (Å²) >= 11 is 0. The molecular weight excluding hydrogens is 352 g/mol. The highest BCUT2D eigenvalue weighted by Crippen LogP contribution is 2.23. The maximum absolute atomic E-state index is 12.0. The summed E-state index contributed by atoms with van der Waals surface area (Å²) < 4.78 is 5.43. The standard InChI is InChI=1S/C22H26N4O2/c1-14-9-19-18(12-22(27)28-20(19)10-15(14)2)13-25-5-7-26(8-6-25)21-11-16(3)23-17(4)24-21/h9-12H,5-8,13H2,1-4H3. The lowest BCUT2D eigenvalue weighted by Gasteiger charge is -2.35. The van der Waals surface area contributed by atoms with Crippen molar-refractivity contribution in [3.8, 4) is 0 Å². The summed E-state index contributed by atoms with van der Waals surface area (Å²) in [5, 5.41) is 1.03. The minimum absolute atomic E-state index is 0.281. The Morgan fingerprint density at radius 2 is 1.64 bits per heavy atom. The molecule has 0 bridgehead atoms. The van der Waals surface area contributed by atoms with Crippen molar-refractivity contribution < 1.29 is 4.42 Å². The fraction of sp³-hybridized carbons (Fsp3) is 0.409. The average Bonchev–Trinajstić information content (AvgIpc) is 2.63. The number of piperazine rings is 1. The second-order valence-corrected chi connectivity index (χ2v) is 7.70. The third kappa shape index (κ3) is 3.78. The van der Waals surface area contributed by atoms with Gasteiger partial charge < -0.3 is 9.32 Å². The molecule has 1 aromatic carbocycles. The summed E-state index contributed by atoms with van der Waals surface area (Å²) in [6.45, 7) is 12.5. The molecule has 6 nitrogen and oxygen atoms in total. The van der Waals surface area contributed by atoms with Crippen LogP contribution in [0.2, 0.25) is 0 Å². The molecule has 146 valence electrons. The summed E-state index contributed by atoms with van der Waals surface area (Å²) in [4.78, 5) is 25.7. The van der Waals surface area contributed by atoms with Crippen LogP contribution < -0.4 is 10.5 Å². The number of aryl methyl sites for hydroxylation is 4. The quantitative estimate of drug-likeness (QED) is 0.653. The highest BCUT2D eigenvalue weighted by molar-refractivity contribution is 5.81. The number of rotatable bonds is 3. The van der Waals surface area contributed by atoms with Gasteiger partial charge in [-0.3, -0.25) is 4.90 Å². The van der Waals surface area contributed by atoms with Gasteiger partial charge in [0.05, 0.1) is 0 Å². The van der Waals surface area contributed by atoms with Gasteiger partial charge >= 0.3 is 5.63 Å². The molecule has 28 heavy (non-hydrogen) atoms. The monoisotopic (exact) mass is 378 g/mol. The molecule has 0 saturated carbocycles. The van der Waals surface area contributed by atoms with Crippen LogP contribution in [0.15, 0.2) is 33.5 Å². The molecule has 1 saturated heterocycles. The molecule has 3 aromatic rings. The first-order chi connectivity index (χ1) is 13.4. The molecule has 0 radical (unpaired) electrons. The molecule has 0 atom stereocenters. The highest BCUT2D eigenvalue weighted by Gasteiger charge is 2.20. The molecule has 3 heterocycles. The normalized spacial score (nSPS) is 15.4. The van der Waals surface area contributed by atoms with E-state index in [2.05, 4.69) is 32.8 Å². The lowest BCUT2D eigenvalue weighted by Crippen LogP contribution is -2.46. The largest absolute Gasteiger partial charge is 0.423 e. The molecule has 0 spiro atoms. The summed E-state index contributed by atoms with van der Waals surface area (Å²) in [6, 6.07) is 7.78. The van der Waals surface area contributed by atoms with Crippen molar-refractivity contribution in [3.05, 3.63) is 62.9 Å². The molecular formula is C22H26N4O2. The number of aromatic nitrogens is 2. The first-order valence-electron chi connectivity index (χ1n) is 9.72. The van der Waals surface area contributed by atoms with Crippen molar-refractivity contribution >= 4 is 16.8 Å². The third-order valence-electron chi connectivity index (χ3n) is 5.49. The zero-order chi connectivity index (χ0) is 19.8. The molecule has 1 aliphatic heterocycles. The average molecular weight is 378 g/mol. The summed E-state index contributed by atoms with van der Waals surface area (Å²) in [6.07, 6.45) is 0. The number of hydrogen-bond donors (Lipinski definition) is 0. The van der Waals surface area contributed by atoms with Crippen LogP contribution in [0, 0.1) is 27.7 Å². The molecule has 2 aromatic heterocycles. The zero-order valence-electron chi connectivity index (χ0n) is 17.0. The fourth-order valence-electron chi connectivity index (χ4n) is 3.85. The minimum atomic E-state index is -0.281. The zero-order valence-corrected chi connectivity index (χ0v) is 17.0. The van der Waals surface area contributed by atoms with Crippen molar-refractivity contribution in [3.63, 3.8) is 0 Å². The third-order valence-corrected chi connectivity index (χ3v) is 5.49. The Kier molecular flexibility index (Phi) is 4.89. The Balaban J connectivity index is 1.52. The number of hydrogen-bond acceptors (Lipinski definition) is 6. The van der Waals surface area contributed by atoms with Gasteiger partial charge in [-0.2, -0.15) is 0 Å². The fourth-order valence-corrected chi connectivity index (χ4v) is 3.85. The number of anilines is 1. The first kappa shape index (κ1) is 18.6. The second kappa shape index (κ2) is 7.36. The van der Waals surface area contributed by atoms with E-state index >= 15 is 0 Å². The van der Waals surface area contributed by atoms with Crippen molar-refractivity contribution in [1.29, 1.82) is 0 Å². The van der Waals surface area contributed by atoms with Crippen LogP contribution >= 0.6 is 0 Å². The predicted octanol–water partition coefficient (Wildman–Crippen LogP) is 3.14. The van der Waals surface area contributed by atoms with E-state index < -0.39 is 0 Å². The van der Waals surface area contributed by atoms with Crippen LogP contribution in [0.1, 0.15) is 28.2 Å². The van der Waals surface area contributed by atoms with Gasteiger partial charge in [0.25, 0.3) is 0 Å². The number of nitrogens with zero attached hydrogens (tertiary/aromatic N) is 4. The lowest BCUT2D eigenvalue weighted by molar-refractivity contribution is 0.249. The molecule has 1 aliphatic rings. The minimum Gasteiger partial charge on any atom is -0.423 e. The van der Waals surface area contributed by atoms with E-state index in [1.54, 1.807) is 6.07 Å². The van der Waals surface area contributed by atoms with Crippen LogP contribution in [0.25, 0.3) is 11.0 Å². The van der Waals surface area contributed by atoms with Gasteiger partial charge in [0.15, 0.2) is 0 Å². The summed E-state index contributed by atoms with van der Waals surface area (Å²) in [5.74, 6) is 1.81. The molecule has 0 N–H and O–H groups in total. The summed E-state index contributed by atoms with van der Waals surface area (Å²) in [5.41, 5.74) is 4.78. The second-order valence-electron chi connectivity index (χ2n) is 7.70. The smallest absolute Gasteiger partial charge is 0.336 e. The Bertz CT molecular complexity index is 1060. The Morgan fingerprint density at radius 1 is 0.929 bits per heavy atom.